The van der Waals surface area contributed by atoms with Gasteiger partial charge >= 0.3 is 0 Å². The molecule has 0 spiro atoms. The van der Waals surface area contributed by atoms with E-state index in [1.54, 1.807) is 11.3 Å². The van der Waals surface area contributed by atoms with Crippen molar-refractivity contribution in [2.24, 2.45) is 0 Å². The molecule has 0 aliphatic heterocycles. The molecular weight excluding hydrogens is 352 g/mol. The molecule has 6 heteroatoms. The first-order chi connectivity index (χ1) is 12.1. The fourth-order valence-electron chi connectivity index (χ4n) is 2.48. The lowest BCUT2D eigenvalue weighted by molar-refractivity contribution is 0.0943. The zero-order valence-corrected chi connectivity index (χ0v) is 16.0. The number of aryl methyl sites for hydroxylation is 1. The van der Waals surface area contributed by atoms with Crippen molar-refractivity contribution in [1.29, 1.82) is 0 Å². The van der Waals surface area contributed by atoms with Gasteiger partial charge < -0.3 is 10.1 Å². The topological polar surface area (TPSA) is 51.2 Å². The molecule has 0 radical (unpaired) electrons. The van der Waals surface area contributed by atoms with Crippen LogP contribution in [0.1, 0.15) is 40.8 Å². The van der Waals surface area contributed by atoms with E-state index in [0.717, 1.165) is 26.9 Å². The second-order valence-electron chi connectivity index (χ2n) is 5.61. The average Bonchev–Trinajstić information content (AvgIpc) is 3.25. The summed E-state index contributed by atoms with van der Waals surface area (Å²) in [6.07, 6.45) is 0. The number of carbonyl (C=O) groups excluding carboxylic acids is 1. The SMILES string of the molecule is CCOc1ccc([C@@H](C)NC(=O)c2sc(-c3cccs3)nc2C)cc1. The first-order valence-electron chi connectivity index (χ1n) is 8.13. The van der Waals surface area contributed by atoms with E-state index in [0.29, 0.717) is 11.5 Å². The van der Waals surface area contributed by atoms with E-state index in [4.69, 9.17) is 4.74 Å². The highest BCUT2D eigenvalue weighted by molar-refractivity contribution is 7.22. The minimum absolute atomic E-state index is 0.0841. The van der Waals surface area contributed by atoms with E-state index in [2.05, 4.69) is 10.3 Å². The molecule has 4 nitrogen and oxygen atoms in total. The summed E-state index contributed by atoms with van der Waals surface area (Å²) in [5, 5.41) is 5.97. The summed E-state index contributed by atoms with van der Waals surface area (Å²) in [4.78, 5) is 18.9. The van der Waals surface area contributed by atoms with E-state index in [1.165, 1.54) is 11.3 Å². The van der Waals surface area contributed by atoms with Crippen LogP contribution in [0.25, 0.3) is 9.88 Å². The third-order valence-corrected chi connectivity index (χ3v) is 5.97. The van der Waals surface area contributed by atoms with E-state index >= 15 is 0 Å². The summed E-state index contributed by atoms with van der Waals surface area (Å²) in [5.74, 6) is 0.753. The number of amides is 1. The van der Waals surface area contributed by atoms with Gasteiger partial charge in [-0.3, -0.25) is 4.79 Å². The lowest BCUT2D eigenvalue weighted by Crippen LogP contribution is -2.26. The van der Waals surface area contributed by atoms with Crippen molar-refractivity contribution in [3.05, 3.63) is 57.9 Å². The number of ether oxygens (including phenoxy) is 1. The van der Waals surface area contributed by atoms with Crippen molar-refractivity contribution < 1.29 is 9.53 Å². The van der Waals surface area contributed by atoms with Crippen LogP contribution in [-0.4, -0.2) is 17.5 Å². The molecule has 1 amide bonds. The first-order valence-corrected chi connectivity index (χ1v) is 9.83. The number of hydrogen-bond donors (Lipinski definition) is 1. The average molecular weight is 373 g/mol. The normalized spacial score (nSPS) is 12.0. The fraction of sp³-hybridized carbons (Fsp3) is 0.263. The molecule has 0 bridgehead atoms. The highest BCUT2D eigenvalue weighted by atomic mass is 32.1. The molecule has 0 aliphatic rings. The molecule has 1 aromatic carbocycles. The largest absolute Gasteiger partial charge is 0.494 e. The van der Waals surface area contributed by atoms with Gasteiger partial charge in [-0.15, -0.1) is 22.7 Å². The van der Waals surface area contributed by atoms with Gasteiger partial charge in [0.05, 0.1) is 23.2 Å². The zero-order chi connectivity index (χ0) is 17.8. The van der Waals surface area contributed by atoms with Gasteiger partial charge in [-0.05, 0) is 49.9 Å². The number of hydrogen-bond acceptors (Lipinski definition) is 5. The molecule has 0 aliphatic carbocycles. The molecule has 0 saturated heterocycles. The smallest absolute Gasteiger partial charge is 0.263 e. The van der Waals surface area contributed by atoms with Gasteiger partial charge in [0.1, 0.15) is 15.6 Å². The highest BCUT2D eigenvalue weighted by Crippen LogP contribution is 2.31. The number of carbonyl (C=O) groups is 1. The fourth-order valence-corrected chi connectivity index (χ4v) is 4.24. The number of rotatable bonds is 6. The van der Waals surface area contributed by atoms with Crippen molar-refractivity contribution in [2.75, 3.05) is 6.61 Å². The Morgan fingerprint density at radius 2 is 2.04 bits per heavy atom. The minimum Gasteiger partial charge on any atom is -0.494 e. The van der Waals surface area contributed by atoms with Crippen LogP contribution in [0.5, 0.6) is 5.75 Å². The zero-order valence-electron chi connectivity index (χ0n) is 14.4. The summed E-state index contributed by atoms with van der Waals surface area (Å²) in [5.41, 5.74) is 1.81. The van der Waals surface area contributed by atoms with Crippen molar-refractivity contribution in [3.8, 4) is 15.6 Å². The predicted molar refractivity (Wildman–Crippen MR) is 104 cm³/mol. The van der Waals surface area contributed by atoms with E-state index in [9.17, 15) is 4.79 Å². The predicted octanol–water partition coefficient (Wildman–Crippen LogP) is 5.07. The van der Waals surface area contributed by atoms with Crippen LogP contribution >= 0.6 is 22.7 Å². The number of nitrogens with one attached hydrogen (secondary N) is 1. The van der Waals surface area contributed by atoms with Crippen LogP contribution in [0.4, 0.5) is 0 Å². The molecule has 1 atom stereocenters. The first kappa shape index (κ1) is 17.6. The van der Waals surface area contributed by atoms with Gasteiger partial charge in [-0.2, -0.15) is 0 Å². The standard InChI is InChI=1S/C19H20N2O2S2/c1-4-23-15-9-7-14(8-10-15)12(2)20-18(22)17-13(3)21-19(25-17)16-6-5-11-24-16/h5-12H,4H2,1-3H3,(H,20,22)/t12-/m1/s1. The Morgan fingerprint density at radius 3 is 2.68 bits per heavy atom. The van der Waals surface area contributed by atoms with Crippen molar-refractivity contribution in [2.45, 2.75) is 26.8 Å². The summed E-state index contributed by atoms with van der Waals surface area (Å²) in [7, 11) is 0. The van der Waals surface area contributed by atoms with Crippen molar-refractivity contribution in [3.63, 3.8) is 0 Å². The molecule has 3 rings (SSSR count). The Morgan fingerprint density at radius 1 is 1.28 bits per heavy atom. The maximum atomic E-state index is 12.6. The monoisotopic (exact) mass is 372 g/mol. The molecular formula is C19H20N2O2S2. The second kappa shape index (κ2) is 7.80. The highest BCUT2D eigenvalue weighted by Gasteiger charge is 2.18. The van der Waals surface area contributed by atoms with Crippen LogP contribution in [0.2, 0.25) is 0 Å². The molecule has 25 heavy (non-hydrogen) atoms. The van der Waals surface area contributed by atoms with Gasteiger partial charge in [0, 0.05) is 0 Å². The molecule has 2 heterocycles. The maximum absolute atomic E-state index is 12.6. The lowest BCUT2D eigenvalue weighted by Gasteiger charge is -2.14. The molecule has 0 fully saturated rings. The van der Waals surface area contributed by atoms with Gasteiger partial charge in [-0.1, -0.05) is 18.2 Å². The Balaban J connectivity index is 1.71. The van der Waals surface area contributed by atoms with Gasteiger partial charge in [-0.25, -0.2) is 4.98 Å². The Labute approximate surface area is 155 Å². The Hall–Kier alpha value is -2.18. The second-order valence-corrected chi connectivity index (χ2v) is 7.55. The van der Waals surface area contributed by atoms with Crippen LogP contribution in [0, 0.1) is 6.92 Å². The van der Waals surface area contributed by atoms with Crippen molar-refractivity contribution in [1.82, 2.24) is 10.3 Å². The van der Waals surface area contributed by atoms with Crippen LogP contribution in [-0.2, 0) is 0 Å². The van der Waals surface area contributed by atoms with Crippen LogP contribution in [0.15, 0.2) is 41.8 Å². The summed E-state index contributed by atoms with van der Waals surface area (Å²) >= 11 is 3.07. The molecule has 0 unspecified atom stereocenters. The minimum atomic E-state index is -0.0881. The summed E-state index contributed by atoms with van der Waals surface area (Å²) < 4.78 is 5.45. The van der Waals surface area contributed by atoms with Crippen LogP contribution < -0.4 is 10.1 Å². The van der Waals surface area contributed by atoms with Crippen molar-refractivity contribution >= 4 is 28.6 Å². The lowest BCUT2D eigenvalue weighted by atomic mass is 10.1. The van der Waals surface area contributed by atoms with E-state index < -0.39 is 0 Å². The van der Waals surface area contributed by atoms with Gasteiger partial charge in [0.25, 0.3) is 5.91 Å². The number of benzene rings is 1. The Bertz CT molecular complexity index is 839. The number of thiazole rings is 1. The molecule has 0 saturated carbocycles. The summed E-state index contributed by atoms with van der Waals surface area (Å²) in [6, 6.07) is 11.7. The Kier molecular flexibility index (Phi) is 5.50. The van der Waals surface area contributed by atoms with E-state index in [1.807, 2.05) is 62.5 Å². The maximum Gasteiger partial charge on any atom is 0.263 e. The van der Waals surface area contributed by atoms with Gasteiger partial charge in [0.15, 0.2) is 0 Å². The quantitative estimate of drug-likeness (QED) is 0.657. The molecule has 2 aromatic heterocycles. The molecule has 1 N–H and O–H groups in total. The number of thiophene rings is 1. The van der Waals surface area contributed by atoms with Gasteiger partial charge in [0.2, 0.25) is 0 Å². The molecule has 130 valence electrons. The summed E-state index contributed by atoms with van der Waals surface area (Å²) in [6.45, 7) is 6.45. The van der Waals surface area contributed by atoms with E-state index in [-0.39, 0.29) is 11.9 Å². The number of aromatic nitrogens is 1. The van der Waals surface area contributed by atoms with Crippen LogP contribution in [0.3, 0.4) is 0 Å². The third-order valence-electron chi connectivity index (χ3n) is 3.77. The number of nitrogens with zero attached hydrogens (tertiary/aromatic N) is 1. The molecule has 3 aromatic rings. The third kappa shape index (κ3) is 4.08.